The summed E-state index contributed by atoms with van der Waals surface area (Å²) >= 11 is 3.85. The molecule has 0 aliphatic heterocycles. The third kappa shape index (κ3) is 7.22. The number of carbonyl (C=O) groups is 5. The highest BCUT2D eigenvalue weighted by molar-refractivity contribution is 7.80. The SMILES string of the molecule is CC(NC(=O)C(CC(N)=O)NC(=O)C(N)Cc1c[nH]c2ccccc12)C(=O)NC(CS)C(=O)O. The highest BCUT2D eigenvalue weighted by atomic mass is 32.1. The van der Waals surface area contributed by atoms with E-state index in [9.17, 15) is 24.0 Å². The molecule has 0 aliphatic carbocycles. The predicted molar refractivity (Wildman–Crippen MR) is 127 cm³/mol. The average Bonchev–Trinajstić information content (AvgIpc) is 3.18. The highest BCUT2D eigenvalue weighted by Gasteiger charge is 2.29. The lowest BCUT2D eigenvalue weighted by molar-refractivity contribution is -0.141. The number of primary amides is 1. The van der Waals surface area contributed by atoms with E-state index in [1.54, 1.807) is 6.20 Å². The van der Waals surface area contributed by atoms with Gasteiger partial charge in [0.25, 0.3) is 0 Å². The first-order chi connectivity index (χ1) is 16.0. The Bertz CT molecular complexity index is 1070. The van der Waals surface area contributed by atoms with E-state index in [1.165, 1.54) is 6.92 Å². The molecule has 184 valence electrons. The maximum atomic E-state index is 12.6. The number of aromatic nitrogens is 1. The van der Waals surface area contributed by atoms with Gasteiger partial charge in [-0.2, -0.15) is 12.6 Å². The number of benzene rings is 1. The lowest BCUT2D eigenvalue weighted by atomic mass is 10.0. The van der Waals surface area contributed by atoms with E-state index in [2.05, 4.69) is 33.6 Å². The minimum Gasteiger partial charge on any atom is -0.480 e. The molecule has 1 aromatic heterocycles. The zero-order valence-electron chi connectivity index (χ0n) is 18.4. The fourth-order valence-corrected chi connectivity index (χ4v) is 3.43. The maximum absolute atomic E-state index is 12.6. The first-order valence-corrected chi connectivity index (χ1v) is 11.0. The van der Waals surface area contributed by atoms with Crippen LogP contribution in [-0.2, 0) is 30.4 Å². The van der Waals surface area contributed by atoms with Crippen LogP contribution in [0.25, 0.3) is 10.9 Å². The van der Waals surface area contributed by atoms with Gasteiger partial charge >= 0.3 is 5.97 Å². The zero-order chi connectivity index (χ0) is 25.4. The van der Waals surface area contributed by atoms with Crippen molar-refractivity contribution in [3.8, 4) is 0 Å². The number of H-pyrrole nitrogens is 1. The number of rotatable bonds is 12. The molecule has 0 bridgehead atoms. The summed E-state index contributed by atoms with van der Waals surface area (Å²) in [6.45, 7) is 1.32. The van der Waals surface area contributed by atoms with Crippen LogP contribution in [0.1, 0.15) is 18.9 Å². The maximum Gasteiger partial charge on any atom is 0.327 e. The summed E-state index contributed by atoms with van der Waals surface area (Å²) in [5, 5.41) is 16.9. The molecule has 0 fully saturated rings. The van der Waals surface area contributed by atoms with Gasteiger partial charge in [0.15, 0.2) is 0 Å². The summed E-state index contributed by atoms with van der Waals surface area (Å²) in [6.07, 6.45) is 1.38. The molecule has 0 aliphatic rings. The summed E-state index contributed by atoms with van der Waals surface area (Å²) in [7, 11) is 0. The van der Waals surface area contributed by atoms with E-state index in [0.29, 0.717) is 0 Å². The van der Waals surface area contributed by atoms with Crippen LogP contribution in [0.3, 0.4) is 0 Å². The molecule has 0 radical (unpaired) electrons. The predicted octanol–water partition coefficient (Wildman–Crippen LogP) is -1.60. The topological polar surface area (TPSA) is 209 Å². The minimum absolute atomic E-state index is 0.156. The van der Waals surface area contributed by atoms with Crippen LogP contribution in [0.5, 0.6) is 0 Å². The van der Waals surface area contributed by atoms with E-state index in [4.69, 9.17) is 16.6 Å². The smallest absolute Gasteiger partial charge is 0.327 e. The average molecular weight is 493 g/mol. The Labute approximate surface area is 200 Å². The van der Waals surface area contributed by atoms with Crippen molar-refractivity contribution in [3.05, 3.63) is 36.0 Å². The lowest BCUT2D eigenvalue weighted by Crippen LogP contribution is -2.57. The number of fused-ring (bicyclic) bond motifs is 1. The second kappa shape index (κ2) is 12.0. The molecule has 34 heavy (non-hydrogen) atoms. The first kappa shape index (κ1) is 26.7. The van der Waals surface area contributed by atoms with Crippen molar-refractivity contribution in [2.24, 2.45) is 11.5 Å². The Morgan fingerprint density at radius 3 is 2.29 bits per heavy atom. The largest absolute Gasteiger partial charge is 0.480 e. The monoisotopic (exact) mass is 492 g/mol. The summed E-state index contributed by atoms with van der Waals surface area (Å²) in [5.41, 5.74) is 12.9. The second-order valence-electron chi connectivity index (χ2n) is 7.71. The van der Waals surface area contributed by atoms with Gasteiger partial charge in [-0.25, -0.2) is 4.79 Å². The van der Waals surface area contributed by atoms with Gasteiger partial charge in [0.2, 0.25) is 23.6 Å². The molecule has 2 aromatic rings. The molecule has 9 N–H and O–H groups in total. The number of hydrogen-bond acceptors (Lipinski definition) is 7. The van der Waals surface area contributed by atoms with Gasteiger partial charge in [-0.05, 0) is 25.0 Å². The molecule has 13 heteroatoms. The van der Waals surface area contributed by atoms with Crippen LogP contribution in [0.2, 0.25) is 0 Å². The van der Waals surface area contributed by atoms with E-state index in [-0.39, 0.29) is 12.2 Å². The molecule has 0 saturated heterocycles. The standard InChI is InChI=1S/C21H28N6O6S/c1-10(18(29)27-16(9-34)21(32)33)25-20(31)15(7-17(23)28)26-19(30)13(22)6-11-8-24-14-5-3-2-4-12(11)14/h2-5,8,10,13,15-16,24,34H,6-7,9,22H2,1H3,(H2,23,28)(H,25,31)(H,26,30)(H,27,29)(H,32,33). The van der Waals surface area contributed by atoms with Crippen LogP contribution in [0.15, 0.2) is 30.5 Å². The molecule has 4 atom stereocenters. The van der Waals surface area contributed by atoms with Gasteiger partial charge in [0.1, 0.15) is 18.1 Å². The Balaban J connectivity index is 2.02. The number of carboxylic acids is 1. The Morgan fingerprint density at radius 1 is 1.03 bits per heavy atom. The molecular formula is C21H28N6O6S. The summed E-state index contributed by atoms with van der Waals surface area (Å²) < 4.78 is 0. The third-order valence-corrected chi connectivity index (χ3v) is 5.40. The molecule has 12 nitrogen and oxygen atoms in total. The van der Waals surface area contributed by atoms with Crippen LogP contribution >= 0.6 is 12.6 Å². The van der Waals surface area contributed by atoms with Crippen molar-refractivity contribution < 1.29 is 29.1 Å². The van der Waals surface area contributed by atoms with E-state index in [1.807, 2.05) is 24.3 Å². The number of aromatic amines is 1. The number of para-hydroxylation sites is 1. The van der Waals surface area contributed by atoms with Gasteiger partial charge < -0.3 is 37.5 Å². The van der Waals surface area contributed by atoms with Crippen LogP contribution in [-0.4, -0.2) is 69.6 Å². The van der Waals surface area contributed by atoms with E-state index in [0.717, 1.165) is 16.5 Å². The second-order valence-corrected chi connectivity index (χ2v) is 8.08. The number of amides is 4. The number of hydrogen-bond donors (Lipinski definition) is 8. The Hall–Kier alpha value is -3.58. The summed E-state index contributed by atoms with van der Waals surface area (Å²) in [5.74, 6) is -4.63. The van der Waals surface area contributed by atoms with Crippen molar-refractivity contribution in [3.63, 3.8) is 0 Å². The van der Waals surface area contributed by atoms with Crippen molar-refractivity contribution in [2.75, 3.05) is 5.75 Å². The van der Waals surface area contributed by atoms with E-state index >= 15 is 0 Å². The summed E-state index contributed by atoms with van der Waals surface area (Å²) in [4.78, 5) is 63.1. The minimum atomic E-state index is -1.38. The van der Waals surface area contributed by atoms with E-state index < -0.39 is 60.2 Å². The molecule has 0 saturated carbocycles. The van der Waals surface area contributed by atoms with Crippen molar-refractivity contribution >= 4 is 53.1 Å². The Kier molecular flexibility index (Phi) is 9.45. The van der Waals surface area contributed by atoms with Crippen molar-refractivity contribution in [2.45, 2.75) is 43.9 Å². The van der Waals surface area contributed by atoms with Crippen molar-refractivity contribution in [1.82, 2.24) is 20.9 Å². The lowest BCUT2D eigenvalue weighted by Gasteiger charge is -2.22. The highest BCUT2D eigenvalue weighted by Crippen LogP contribution is 2.18. The van der Waals surface area contributed by atoms with Gasteiger partial charge in [-0.3, -0.25) is 19.2 Å². The number of nitrogens with two attached hydrogens (primary N) is 2. The van der Waals surface area contributed by atoms with Gasteiger partial charge in [0, 0.05) is 22.9 Å². The first-order valence-electron chi connectivity index (χ1n) is 10.4. The fourth-order valence-electron chi connectivity index (χ4n) is 3.18. The number of thiol groups is 1. The number of aliphatic carboxylic acids is 1. The Morgan fingerprint density at radius 2 is 1.68 bits per heavy atom. The van der Waals surface area contributed by atoms with Crippen LogP contribution in [0.4, 0.5) is 0 Å². The quantitative estimate of drug-likeness (QED) is 0.163. The number of carboxylic acid groups (broad SMARTS) is 1. The third-order valence-electron chi connectivity index (χ3n) is 5.04. The molecule has 4 amide bonds. The van der Waals surface area contributed by atoms with Gasteiger partial charge in [-0.15, -0.1) is 0 Å². The molecule has 1 heterocycles. The van der Waals surface area contributed by atoms with Crippen LogP contribution in [0, 0.1) is 0 Å². The zero-order valence-corrected chi connectivity index (χ0v) is 19.3. The number of carbonyl (C=O) groups excluding carboxylic acids is 4. The molecule has 0 spiro atoms. The molecule has 1 aromatic carbocycles. The molecular weight excluding hydrogens is 464 g/mol. The normalized spacial score (nSPS) is 14.4. The molecule has 2 rings (SSSR count). The number of nitrogens with one attached hydrogen (secondary N) is 4. The van der Waals surface area contributed by atoms with Crippen LogP contribution < -0.4 is 27.4 Å². The summed E-state index contributed by atoms with van der Waals surface area (Å²) in [6, 6.07) is 2.65. The van der Waals surface area contributed by atoms with Crippen molar-refractivity contribution in [1.29, 1.82) is 0 Å². The molecule has 4 unspecified atom stereocenters. The van der Waals surface area contributed by atoms with Gasteiger partial charge in [-0.1, -0.05) is 18.2 Å². The van der Waals surface area contributed by atoms with Gasteiger partial charge in [0.05, 0.1) is 12.5 Å². The fraction of sp³-hybridized carbons (Fsp3) is 0.381.